The molecule has 2 amide bonds. The zero-order valence-electron chi connectivity index (χ0n) is 11.5. The molecule has 0 unspecified atom stereocenters. The number of ketones is 1. The molecule has 1 aromatic rings. The second-order valence-corrected chi connectivity index (χ2v) is 4.97. The quantitative estimate of drug-likeness (QED) is 0.676. The van der Waals surface area contributed by atoms with E-state index in [2.05, 4.69) is 11.9 Å². The predicted molar refractivity (Wildman–Crippen MR) is 78.7 cm³/mol. The number of carbonyl (C=O) groups is 2. The number of urea groups is 1. The van der Waals surface area contributed by atoms with Crippen LogP contribution in [0.15, 0.2) is 43.0 Å². The number of piperidine rings is 1. The summed E-state index contributed by atoms with van der Waals surface area (Å²) < 4.78 is 0. The lowest BCUT2D eigenvalue weighted by Gasteiger charge is -2.31. The van der Waals surface area contributed by atoms with Gasteiger partial charge in [-0.1, -0.05) is 36.4 Å². The second kappa shape index (κ2) is 6.89. The molecular weight excluding hydrogens is 252 g/mol. The SMILES string of the molecule is C=CCNC(=O)N1CCC(C(=O)c2ccccc2)CC1. The van der Waals surface area contributed by atoms with Crippen LogP contribution in [0.2, 0.25) is 0 Å². The maximum atomic E-state index is 12.3. The smallest absolute Gasteiger partial charge is 0.317 e. The van der Waals surface area contributed by atoms with Crippen LogP contribution in [-0.2, 0) is 0 Å². The van der Waals surface area contributed by atoms with Gasteiger partial charge >= 0.3 is 6.03 Å². The van der Waals surface area contributed by atoms with E-state index in [-0.39, 0.29) is 17.7 Å². The summed E-state index contributed by atoms with van der Waals surface area (Å²) in [5.41, 5.74) is 0.766. The van der Waals surface area contributed by atoms with Crippen molar-refractivity contribution in [1.29, 1.82) is 0 Å². The first-order valence-corrected chi connectivity index (χ1v) is 6.95. The van der Waals surface area contributed by atoms with E-state index in [1.54, 1.807) is 11.0 Å². The average Bonchev–Trinajstić information content (AvgIpc) is 2.53. The molecule has 0 radical (unpaired) electrons. The van der Waals surface area contributed by atoms with Crippen LogP contribution in [0.25, 0.3) is 0 Å². The van der Waals surface area contributed by atoms with Crippen LogP contribution >= 0.6 is 0 Å². The molecule has 1 heterocycles. The highest BCUT2D eigenvalue weighted by atomic mass is 16.2. The monoisotopic (exact) mass is 272 g/mol. The lowest BCUT2D eigenvalue weighted by molar-refractivity contribution is 0.0855. The third-order valence-electron chi connectivity index (χ3n) is 3.61. The molecule has 1 N–H and O–H groups in total. The fourth-order valence-corrected chi connectivity index (χ4v) is 2.45. The average molecular weight is 272 g/mol. The minimum atomic E-state index is -0.0736. The van der Waals surface area contributed by atoms with E-state index in [9.17, 15) is 9.59 Å². The molecule has 1 aliphatic heterocycles. The molecule has 1 aliphatic rings. The maximum absolute atomic E-state index is 12.3. The molecule has 0 aromatic heterocycles. The molecule has 1 fully saturated rings. The standard InChI is InChI=1S/C16H20N2O2/c1-2-10-17-16(20)18-11-8-14(9-12-18)15(19)13-6-4-3-5-7-13/h2-7,14H,1,8-12H2,(H,17,20). The van der Waals surface area contributed by atoms with Gasteiger partial charge in [-0.15, -0.1) is 6.58 Å². The molecular formula is C16H20N2O2. The van der Waals surface area contributed by atoms with Crippen molar-refractivity contribution in [3.63, 3.8) is 0 Å². The Morgan fingerprint density at radius 2 is 1.90 bits per heavy atom. The topological polar surface area (TPSA) is 49.4 Å². The Morgan fingerprint density at radius 1 is 1.25 bits per heavy atom. The first-order chi connectivity index (χ1) is 9.72. The number of benzene rings is 1. The number of hydrogen-bond acceptors (Lipinski definition) is 2. The minimum Gasteiger partial charge on any atom is -0.335 e. The van der Waals surface area contributed by atoms with Crippen LogP contribution < -0.4 is 5.32 Å². The number of amides is 2. The Hall–Kier alpha value is -2.10. The summed E-state index contributed by atoms with van der Waals surface area (Å²) in [4.78, 5) is 25.9. The molecule has 4 nitrogen and oxygen atoms in total. The molecule has 0 aliphatic carbocycles. The summed E-state index contributed by atoms with van der Waals surface area (Å²) in [6.07, 6.45) is 3.12. The van der Waals surface area contributed by atoms with Gasteiger partial charge in [0.25, 0.3) is 0 Å². The molecule has 0 atom stereocenters. The molecule has 0 saturated carbocycles. The van der Waals surface area contributed by atoms with E-state index in [0.717, 1.165) is 18.4 Å². The highest BCUT2D eigenvalue weighted by Crippen LogP contribution is 2.21. The van der Waals surface area contributed by atoms with Crippen molar-refractivity contribution >= 4 is 11.8 Å². The number of nitrogens with one attached hydrogen (secondary N) is 1. The van der Waals surface area contributed by atoms with Gasteiger partial charge in [0.05, 0.1) is 0 Å². The largest absolute Gasteiger partial charge is 0.335 e. The lowest BCUT2D eigenvalue weighted by atomic mass is 9.89. The number of hydrogen-bond donors (Lipinski definition) is 1. The number of Topliss-reactive ketones (excluding diaryl/α,β-unsaturated/α-hetero) is 1. The van der Waals surface area contributed by atoms with Crippen LogP contribution in [0, 0.1) is 5.92 Å². The zero-order chi connectivity index (χ0) is 14.4. The van der Waals surface area contributed by atoms with Gasteiger partial charge in [-0.25, -0.2) is 4.79 Å². The highest BCUT2D eigenvalue weighted by Gasteiger charge is 2.27. The summed E-state index contributed by atoms with van der Waals surface area (Å²) in [5, 5.41) is 2.76. The van der Waals surface area contributed by atoms with E-state index >= 15 is 0 Å². The van der Waals surface area contributed by atoms with Gasteiger partial charge in [0.15, 0.2) is 5.78 Å². The van der Waals surface area contributed by atoms with Crippen molar-refractivity contribution in [2.45, 2.75) is 12.8 Å². The summed E-state index contributed by atoms with van der Waals surface area (Å²) in [7, 11) is 0. The number of carbonyl (C=O) groups excluding carboxylic acids is 2. The molecule has 20 heavy (non-hydrogen) atoms. The lowest BCUT2D eigenvalue weighted by Crippen LogP contribution is -2.45. The summed E-state index contributed by atoms with van der Waals surface area (Å²) >= 11 is 0. The molecule has 2 rings (SSSR count). The van der Waals surface area contributed by atoms with Crippen molar-refractivity contribution in [2.24, 2.45) is 5.92 Å². The number of nitrogens with zero attached hydrogens (tertiary/aromatic N) is 1. The van der Waals surface area contributed by atoms with E-state index in [1.165, 1.54) is 0 Å². The highest BCUT2D eigenvalue weighted by molar-refractivity contribution is 5.97. The summed E-state index contributed by atoms with van der Waals surface area (Å²) in [6.45, 7) is 5.30. The van der Waals surface area contributed by atoms with Crippen molar-refractivity contribution in [1.82, 2.24) is 10.2 Å². The Balaban J connectivity index is 1.86. The van der Waals surface area contributed by atoms with Crippen molar-refractivity contribution in [2.75, 3.05) is 19.6 Å². The van der Waals surface area contributed by atoms with Gasteiger partial charge in [-0.2, -0.15) is 0 Å². The molecule has 4 heteroatoms. The summed E-state index contributed by atoms with van der Waals surface area (Å²) in [5.74, 6) is 0.220. The van der Waals surface area contributed by atoms with Gasteiger partial charge in [0.2, 0.25) is 0 Å². The van der Waals surface area contributed by atoms with E-state index in [4.69, 9.17) is 0 Å². The van der Waals surface area contributed by atoms with Crippen LogP contribution in [0.4, 0.5) is 4.79 Å². The Morgan fingerprint density at radius 3 is 2.50 bits per heavy atom. The van der Waals surface area contributed by atoms with Crippen LogP contribution in [0.1, 0.15) is 23.2 Å². The Bertz CT molecular complexity index is 477. The maximum Gasteiger partial charge on any atom is 0.317 e. The molecule has 0 bridgehead atoms. The summed E-state index contributed by atoms with van der Waals surface area (Å²) in [6, 6.07) is 9.30. The van der Waals surface area contributed by atoms with Gasteiger partial charge in [0, 0.05) is 31.1 Å². The fraction of sp³-hybridized carbons (Fsp3) is 0.375. The third-order valence-corrected chi connectivity index (χ3v) is 3.61. The Labute approximate surface area is 119 Å². The predicted octanol–water partition coefficient (Wildman–Crippen LogP) is 2.48. The van der Waals surface area contributed by atoms with Crippen LogP contribution in [0.3, 0.4) is 0 Å². The number of rotatable bonds is 4. The molecule has 106 valence electrons. The van der Waals surface area contributed by atoms with Gasteiger partial charge in [0.1, 0.15) is 0 Å². The number of likely N-dealkylation sites (tertiary alicyclic amines) is 1. The first kappa shape index (κ1) is 14.3. The Kier molecular flexibility index (Phi) is 4.93. The van der Waals surface area contributed by atoms with Crippen molar-refractivity contribution < 1.29 is 9.59 Å². The van der Waals surface area contributed by atoms with Crippen LogP contribution in [-0.4, -0.2) is 36.3 Å². The van der Waals surface area contributed by atoms with Gasteiger partial charge in [-0.05, 0) is 12.8 Å². The fourth-order valence-electron chi connectivity index (χ4n) is 2.45. The van der Waals surface area contributed by atoms with E-state index in [1.807, 2.05) is 30.3 Å². The van der Waals surface area contributed by atoms with E-state index in [0.29, 0.717) is 19.6 Å². The zero-order valence-corrected chi connectivity index (χ0v) is 11.5. The minimum absolute atomic E-state index is 0.0286. The van der Waals surface area contributed by atoms with Gasteiger partial charge in [-0.3, -0.25) is 4.79 Å². The van der Waals surface area contributed by atoms with Gasteiger partial charge < -0.3 is 10.2 Å². The van der Waals surface area contributed by atoms with Crippen molar-refractivity contribution in [3.8, 4) is 0 Å². The van der Waals surface area contributed by atoms with E-state index < -0.39 is 0 Å². The second-order valence-electron chi connectivity index (χ2n) is 4.97. The molecule has 1 saturated heterocycles. The van der Waals surface area contributed by atoms with Crippen molar-refractivity contribution in [3.05, 3.63) is 48.6 Å². The first-order valence-electron chi connectivity index (χ1n) is 6.95. The molecule has 0 spiro atoms. The third kappa shape index (κ3) is 3.47. The normalized spacial score (nSPS) is 15.7. The van der Waals surface area contributed by atoms with Crippen LogP contribution in [0.5, 0.6) is 0 Å². The molecule has 1 aromatic carbocycles.